The molecule has 1 saturated heterocycles. The minimum atomic E-state index is -4.43. The molecule has 1 aromatic carbocycles. The average Bonchev–Trinajstić information content (AvgIpc) is 3.14. The minimum absolute atomic E-state index is 0.313. The normalized spacial score (nSPS) is 15.5. The lowest BCUT2D eigenvalue weighted by atomic mass is 10.2. The number of nitrogens with zero attached hydrogens (tertiary/aromatic N) is 5. The van der Waals surface area contributed by atoms with Crippen LogP contribution in [0.5, 0.6) is 0 Å². The minimum Gasteiger partial charge on any atom is -0.338 e. The van der Waals surface area contributed by atoms with Crippen molar-refractivity contribution in [3.05, 3.63) is 58.1 Å². The molecule has 1 aliphatic rings. The van der Waals surface area contributed by atoms with E-state index in [1.807, 2.05) is 6.92 Å². The summed E-state index contributed by atoms with van der Waals surface area (Å²) in [5.41, 5.74) is 1.05. The maximum absolute atomic E-state index is 12.8. The van der Waals surface area contributed by atoms with Crippen molar-refractivity contribution in [2.75, 3.05) is 37.6 Å². The van der Waals surface area contributed by atoms with E-state index in [9.17, 15) is 18.0 Å². The van der Waals surface area contributed by atoms with Gasteiger partial charge in [0, 0.05) is 44.0 Å². The Morgan fingerprint density at radius 2 is 1.77 bits per heavy atom. The maximum Gasteiger partial charge on any atom is 0.416 e. The molecule has 0 bridgehead atoms. The van der Waals surface area contributed by atoms with Gasteiger partial charge in [0.25, 0.3) is 5.56 Å². The van der Waals surface area contributed by atoms with Gasteiger partial charge in [0.15, 0.2) is 0 Å². The van der Waals surface area contributed by atoms with Gasteiger partial charge in [0.2, 0.25) is 5.95 Å². The summed E-state index contributed by atoms with van der Waals surface area (Å²) in [7, 11) is 0. The highest BCUT2D eigenvalue weighted by Crippen LogP contribution is 2.29. The van der Waals surface area contributed by atoms with Crippen molar-refractivity contribution in [2.24, 2.45) is 0 Å². The molecule has 1 aliphatic heterocycles. The zero-order valence-electron chi connectivity index (χ0n) is 17.3. The highest BCUT2D eigenvalue weighted by Gasteiger charge is 2.30. The smallest absolute Gasteiger partial charge is 0.338 e. The third-order valence-corrected chi connectivity index (χ3v) is 5.53. The molecule has 10 heteroatoms. The van der Waals surface area contributed by atoms with E-state index >= 15 is 0 Å². The second kappa shape index (κ2) is 8.18. The van der Waals surface area contributed by atoms with E-state index in [1.165, 1.54) is 22.9 Å². The van der Waals surface area contributed by atoms with Crippen molar-refractivity contribution < 1.29 is 13.2 Å². The summed E-state index contributed by atoms with van der Waals surface area (Å²) in [6.45, 7) is 8.64. The Hall–Kier alpha value is -3.14. The SMILES string of the molecule is CCN1CCN(c2ncc(-c3cc(=O)n(-c4ccc(C(F)(F)F)cc4)[nH]3)c(C)n2)CC1. The van der Waals surface area contributed by atoms with Crippen LogP contribution in [0.2, 0.25) is 0 Å². The van der Waals surface area contributed by atoms with Crippen molar-refractivity contribution >= 4 is 5.95 Å². The number of likely N-dealkylation sites (N-methyl/N-ethyl adjacent to an activating group) is 1. The number of hydrogen-bond acceptors (Lipinski definition) is 5. The van der Waals surface area contributed by atoms with E-state index in [2.05, 4.69) is 31.8 Å². The first-order chi connectivity index (χ1) is 14.8. The largest absolute Gasteiger partial charge is 0.416 e. The molecule has 0 aliphatic carbocycles. The van der Waals surface area contributed by atoms with Crippen LogP contribution in [0.4, 0.5) is 19.1 Å². The van der Waals surface area contributed by atoms with Gasteiger partial charge in [-0.1, -0.05) is 6.92 Å². The number of rotatable bonds is 4. The van der Waals surface area contributed by atoms with E-state index in [1.54, 1.807) is 6.20 Å². The first kappa shape index (κ1) is 21.1. The Kier molecular flexibility index (Phi) is 5.57. The Bertz CT molecular complexity index is 1110. The molecule has 0 saturated carbocycles. The number of nitrogens with one attached hydrogen (secondary N) is 1. The van der Waals surface area contributed by atoms with Crippen molar-refractivity contribution in [3.8, 4) is 16.9 Å². The van der Waals surface area contributed by atoms with Crippen molar-refractivity contribution in [3.63, 3.8) is 0 Å². The second-order valence-electron chi connectivity index (χ2n) is 7.48. The van der Waals surface area contributed by atoms with Crippen LogP contribution in [0.3, 0.4) is 0 Å². The number of alkyl halides is 3. The van der Waals surface area contributed by atoms with Crippen LogP contribution in [0.1, 0.15) is 18.2 Å². The lowest BCUT2D eigenvalue weighted by molar-refractivity contribution is -0.137. The zero-order chi connectivity index (χ0) is 22.2. The molecule has 1 fully saturated rings. The van der Waals surface area contributed by atoms with Gasteiger partial charge in [0.1, 0.15) is 0 Å². The van der Waals surface area contributed by atoms with Gasteiger partial charge < -0.3 is 9.80 Å². The topological polar surface area (TPSA) is 70.0 Å². The number of aryl methyl sites for hydroxylation is 1. The standard InChI is InChI=1S/C21H23F3N6O/c1-3-28-8-10-29(11-9-28)20-25-13-17(14(2)26-20)18-12-19(31)30(27-18)16-6-4-15(5-7-16)21(22,23)24/h4-7,12-13,27H,3,8-11H2,1-2H3. The molecule has 31 heavy (non-hydrogen) atoms. The number of anilines is 1. The van der Waals surface area contributed by atoms with E-state index in [4.69, 9.17) is 0 Å². The third kappa shape index (κ3) is 4.34. The van der Waals surface area contributed by atoms with Gasteiger partial charge in [-0.15, -0.1) is 0 Å². The van der Waals surface area contributed by atoms with E-state index in [0.717, 1.165) is 44.9 Å². The second-order valence-corrected chi connectivity index (χ2v) is 7.48. The van der Waals surface area contributed by atoms with Crippen LogP contribution >= 0.6 is 0 Å². The van der Waals surface area contributed by atoms with Gasteiger partial charge >= 0.3 is 6.18 Å². The van der Waals surface area contributed by atoms with Gasteiger partial charge in [-0.25, -0.2) is 14.6 Å². The molecular formula is C21H23F3N6O. The number of benzene rings is 1. The van der Waals surface area contributed by atoms with Crippen molar-refractivity contribution in [2.45, 2.75) is 20.0 Å². The fourth-order valence-corrected chi connectivity index (χ4v) is 3.66. The van der Waals surface area contributed by atoms with Crippen molar-refractivity contribution in [1.82, 2.24) is 24.6 Å². The van der Waals surface area contributed by atoms with E-state index < -0.39 is 11.7 Å². The van der Waals surface area contributed by atoms with Gasteiger partial charge in [0.05, 0.1) is 22.6 Å². The maximum atomic E-state index is 12.8. The molecule has 7 nitrogen and oxygen atoms in total. The first-order valence-electron chi connectivity index (χ1n) is 10.1. The van der Waals surface area contributed by atoms with Crippen LogP contribution in [0.15, 0.2) is 41.3 Å². The molecule has 0 radical (unpaired) electrons. The summed E-state index contributed by atoms with van der Waals surface area (Å²) in [5, 5.41) is 2.95. The summed E-state index contributed by atoms with van der Waals surface area (Å²) < 4.78 is 39.5. The van der Waals surface area contributed by atoms with Crippen LogP contribution in [-0.4, -0.2) is 57.4 Å². The number of H-pyrrole nitrogens is 1. The number of halogens is 3. The number of piperazine rings is 1. The van der Waals surface area contributed by atoms with Crippen LogP contribution in [-0.2, 0) is 6.18 Å². The highest BCUT2D eigenvalue weighted by atomic mass is 19.4. The molecule has 2 aromatic heterocycles. The lowest BCUT2D eigenvalue weighted by Crippen LogP contribution is -2.46. The summed E-state index contributed by atoms with van der Waals surface area (Å²) in [5.74, 6) is 0.654. The molecule has 1 N–H and O–H groups in total. The van der Waals surface area contributed by atoms with E-state index in [0.29, 0.717) is 28.6 Å². The number of aromatic amines is 1. The van der Waals surface area contributed by atoms with Crippen LogP contribution in [0, 0.1) is 6.92 Å². The summed E-state index contributed by atoms with van der Waals surface area (Å²) >= 11 is 0. The molecule has 0 amide bonds. The fraction of sp³-hybridized carbons (Fsp3) is 0.381. The Morgan fingerprint density at radius 1 is 1.10 bits per heavy atom. The molecule has 3 aromatic rings. The quantitative estimate of drug-likeness (QED) is 0.686. The van der Waals surface area contributed by atoms with Crippen LogP contribution in [0.25, 0.3) is 16.9 Å². The van der Waals surface area contributed by atoms with E-state index in [-0.39, 0.29) is 5.56 Å². The molecule has 3 heterocycles. The average molecular weight is 432 g/mol. The summed E-state index contributed by atoms with van der Waals surface area (Å²) in [6.07, 6.45) is -2.75. The number of hydrogen-bond donors (Lipinski definition) is 1. The molecule has 4 rings (SSSR count). The van der Waals surface area contributed by atoms with Gasteiger partial charge in [-0.2, -0.15) is 13.2 Å². The number of aromatic nitrogens is 4. The lowest BCUT2D eigenvalue weighted by Gasteiger charge is -2.34. The molecule has 0 spiro atoms. The van der Waals surface area contributed by atoms with Crippen LogP contribution < -0.4 is 10.5 Å². The Morgan fingerprint density at radius 3 is 2.35 bits per heavy atom. The molecular weight excluding hydrogens is 409 g/mol. The van der Waals surface area contributed by atoms with Gasteiger partial charge in [-0.05, 0) is 37.7 Å². The first-order valence-corrected chi connectivity index (χ1v) is 10.1. The third-order valence-electron chi connectivity index (χ3n) is 5.53. The zero-order valence-corrected chi connectivity index (χ0v) is 17.3. The predicted molar refractivity (Wildman–Crippen MR) is 111 cm³/mol. The monoisotopic (exact) mass is 432 g/mol. The predicted octanol–water partition coefficient (Wildman–Crippen LogP) is 3.09. The Balaban J connectivity index is 1.58. The highest BCUT2D eigenvalue weighted by molar-refractivity contribution is 5.61. The summed E-state index contributed by atoms with van der Waals surface area (Å²) in [4.78, 5) is 26.0. The van der Waals surface area contributed by atoms with Crippen molar-refractivity contribution in [1.29, 1.82) is 0 Å². The Labute approximate surface area is 177 Å². The summed E-state index contributed by atoms with van der Waals surface area (Å²) in [6, 6.07) is 5.80. The molecule has 164 valence electrons. The fourth-order valence-electron chi connectivity index (χ4n) is 3.66. The van der Waals surface area contributed by atoms with Gasteiger partial charge in [-0.3, -0.25) is 9.89 Å². The molecule has 0 atom stereocenters. The molecule has 0 unspecified atom stereocenters.